The summed E-state index contributed by atoms with van der Waals surface area (Å²) in [5.41, 5.74) is -0.357. The third kappa shape index (κ3) is 5.72. The zero-order valence-corrected chi connectivity index (χ0v) is 18.3. The number of methoxy groups -OCH3 is 1. The summed E-state index contributed by atoms with van der Waals surface area (Å²) in [6.45, 7) is 10.4. The molecule has 2 aromatic rings. The first-order valence-corrected chi connectivity index (χ1v) is 10.1. The highest BCUT2D eigenvalue weighted by Gasteiger charge is 2.50. The Balaban J connectivity index is 2.54. The first-order valence-electron chi connectivity index (χ1n) is 10.1. The van der Waals surface area contributed by atoms with E-state index in [1.807, 2.05) is 68.4 Å². The van der Waals surface area contributed by atoms with Gasteiger partial charge in [0.25, 0.3) is 0 Å². The summed E-state index contributed by atoms with van der Waals surface area (Å²) in [5, 5.41) is 0. The molecule has 0 aliphatic heterocycles. The van der Waals surface area contributed by atoms with Crippen LogP contribution in [0, 0.1) is 5.41 Å². The Bertz CT molecular complexity index is 720. The van der Waals surface area contributed by atoms with Gasteiger partial charge in [-0.3, -0.25) is 0 Å². The van der Waals surface area contributed by atoms with E-state index in [9.17, 15) is 0 Å². The van der Waals surface area contributed by atoms with E-state index < -0.39 is 11.0 Å². The van der Waals surface area contributed by atoms with Crippen molar-refractivity contribution < 1.29 is 23.7 Å². The number of hydrogen-bond acceptors (Lipinski definition) is 5. The number of para-hydroxylation sites is 2. The van der Waals surface area contributed by atoms with E-state index in [-0.39, 0.29) is 6.79 Å². The topological polar surface area (TPSA) is 46.2 Å². The molecule has 0 N–H and O–H groups in total. The fraction of sp³-hybridized carbons (Fsp3) is 0.500. The summed E-state index contributed by atoms with van der Waals surface area (Å²) in [4.78, 5) is 0. The van der Waals surface area contributed by atoms with Gasteiger partial charge >= 0.3 is 0 Å². The quantitative estimate of drug-likeness (QED) is 0.347. The van der Waals surface area contributed by atoms with Gasteiger partial charge in [0.15, 0.2) is 6.79 Å². The monoisotopic (exact) mass is 402 g/mol. The summed E-state index contributed by atoms with van der Waals surface area (Å²) >= 11 is 0. The van der Waals surface area contributed by atoms with E-state index in [1.165, 1.54) is 0 Å². The van der Waals surface area contributed by atoms with Crippen LogP contribution in [0.1, 0.15) is 33.3 Å². The van der Waals surface area contributed by atoms with Crippen molar-refractivity contribution in [1.82, 2.24) is 0 Å². The van der Waals surface area contributed by atoms with Gasteiger partial charge in [-0.15, -0.1) is 0 Å². The molecule has 0 heterocycles. The Morgan fingerprint density at radius 2 is 1.45 bits per heavy atom. The number of rotatable bonds is 13. The third-order valence-electron chi connectivity index (χ3n) is 5.21. The highest BCUT2D eigenvalue weighted by molar-refractivity contribution is 5.41. The maximum atomic E-state index is 6.67. The molecule has 2 rings (SSSR count). The van der Waals surface area contributed by atoms with Crippen molar-refractivity contribution in [2.75, 3.05) is 40.3 Å². The normalized spacial score (nSPS) is 15.3. The molecule has 0 bridgehead atoms. The molecule has 0 fully saturated rings. The maximum Gasteiger partial charge on any atom is 0.189 e. The second kappa shape index (κ2) is 11.2. The van der Waals surface area contributed by atoms with Gasteiger partial charge in [-0.05, 0) is 39.0 Å². The highest BCUT2D eigenvalue weighted by atomic mass is 16.7. The van der Waals surface area contributed by atoms with Crippen molar-refractivity contribution in [3.63, 3.8) is 0 Å². The van der Waals surface area contributed by atoms with Crippen LogP contribution in [0.3, 0.4) is 0 Å². The Hall–Kier alpha value is -2.08. The van der Waals surface area contributed by atoms with Gasteiger partial charge in [-0.25, -0.2) is 0 Å². The van der Waals surface area contributed by atoms with E-state index in [1.54, 1.807) is 7.11 Å². The summed E-state index contributed by atoms with van der Waals surface area (Å²) in [7, 11) is 1.70. The van der Waals surface area contributed by atoms with Gasteiger partial charge in [0.05, 0.1) is 18.6 Å². The first kappa shape index (κ1) is 23.2. The standard InChI is InChI=1S/C24H34O5/c1-6-26-18-23(3,17-25-5)24(4,29-20-13-9-8-10-14-20)21-15-11-12-16-22(21)28-19-27-7-2/h8-16H,6-7,17-19H2,1-5H3. The van der Waals surface area contributed by atoms with Crippen LogP contribution >= 0.6 is 0 Å². The van der Waals surface area contributed by atoms with E-state index in [2.05, 4.69) is 13.8 Å². The fourth-order valence-electron chi connectivity index (χ4n) is 3.37. The summed E-state index contributed by atoms with van der Waals surface area (Å²) < 4.78 is 29.5. The molecule has 0 saturated carbocycles. The molecule has 0 saturated heterocycles. The minimum Gasteiger partial charge on any atom is -0.482 e. The summed E-state index contributed by atoms with van der Waals surface area (Å²) in [6, 6.07) is 17.7. The highest BCUT2D eigenvalue weighted by Crippen LogP contribution is 2.47. The molecule has 0 aromatic heterocycles. The summed E-state index contributed by atoms with van der Waals surface area (Å²) in [6.07, 6.45) is 0. The molecule has 0 spiro atoms. The molecule has 0 radical (unpaired) electrons. The van der Waals surface area contributed by atoms with E-state index in [0.717, 1.165) is 17.1 Å². The van der Waals surface area contributed by atoms with Gasteiger partial charge in [-0.2, -0.15) is 0 Å². The fourth-order valence-corrected chi connectivity index (χ4v) is 3.37. The maximum absolute atomic E-state index is 6.67. The van der Waals surface area contributed by atoms with Crippen molar-refractivity contribution in [3.8, 4) is 11.5 Å². The molecule has 0 aliphatic carbocycles. The predicted molar refractivity (Wildman–Crippen MR) is 114 cm³/mol. The molecular weight excluding hydrogens is 368 g/mol. The van der Waals surface area contributed by atoms with Crippen LogP contribution in [0.4, 0.5) is 0 Å². The van der Waals surface area contributed by atoms with E-state index >= 15 is 0 Å². The predicted octanol–water partition coefficient (Wildman–Crippen LogP) is 5.04. The van der Waals surface area contributed by atoms with Gasteiger partial charge in [-0.1, -0.05) is 43.3 Å². The molecule has 5 nitrogen and oxygen atoms in total. The second-order valence-electron chi connectivity index (χ2n) is 7.33. The van der Waals surface area contributed by atoms with Crippen molar-refractivity contribution in [2.24, 2.45) is 5.41 Å². The summed E-state index contributed by atoms with van der Waals surface area (Å²) in [5.74, 6) is 1.49. The minimum atomic E-state index is -0.789. The van der Waals surface area contributed by atoms with Crippen LogP contribution in [0.15, 0.2) is 54.6 Å². The average Bonchev–Trinajstić information content (AvgIpc) is 2.73. The SMILES string of the molecule is CCOCOc1ccccc1C(C)(Oc1ccccc1)C(C)(COC)COCC. The lowest BCUT2D eigenvalue weighted by Crippen LogP contribution is -2.52. The molecular formula is C24H34O5. The Labute approximate surface area is 174 Å². The molecule has 29 heavy (non-hydrogen) atoms. The minimum absolute atomic E-state index is 0.182. The van der Waals surface area contributed by atoms with E-state index in [0.29, 0.717) is 26.4 Å². The van der Waals surface area contributed by atoms with Gasteiger partial charge < -0.3 is 23.7 Å². The molecule has 2 unspecified atom stereocenters. The van der Waals surface area contributed by atoms with Crippen LogP contribution in [-0.2, 0) is 19.8 Å². The lowest BCUT2D eigenvalue weighted by Gasteiger charge is -2.46. The second-order valence-corrected chi connectivity index (χ2v) is 7.33. The van der Waals surface area contributed by atoms with Gasteiger partial charge in [0.2, 0.25) is 0 Å². The zero-order valence-electron chi connectivity index (χ0n) is 18.3. The molecule has 160 valence electrons. The zero-order chi connectivity index (χ0) is 21.2. The lowest BCUT2D eigenvalue weighted by molar-refractivity contribution is -0.121. The number of ether oxygens (including phenoxy) is 5. The molecule has 5 heteroatoms. The lowest BCUT2D eigenvalue weighted by atomic mass is 9.70. The van der Waals surface area contributed by atoms with Crippen molar-refractivity contribution in [2.45, 2.75) is 33.3 Å². The van der Waals surface area contributed by atoms with Crippen molar-refractivity contribution >= 4 is 0 Å². The smallest absolute Gasteiger partial charge is 0.189 e. The van der Waals surface area contributed by atoms with Crippen LogP contribution in [0.5, 0.6) is 11.5 Å². The Morgan fingerprint density at radius 3 is 2.10 bits per heavy atom. The van der Waals surface area contributed by atoms with Crippen LogP contribution < -0.4 is 9.47 Å². The third-order valence-corrected chi connectivity index (χ3v) is 5.21. The number of hydrogen-bond donors (Lipinski definition) is 0. The first-order chi connectivity index (χ1) is 14.0. The molecule has 2 atom stereocenters. The van der Waals surface area contributed by atoms with Crippen molar-refractivity contribution in [1.29, 1.82) is 0 Å². The molecule has 0 amide bonds. The van der Waals surface area contributed by atoms with Crippen LogP contribution in [0.25, 0.3) is 0 Å². The molecule has 2 aromatic carbocycles. The largest absolute Gasteiger partial charge is 0.482 e. The van der Waals surface area contributed by atoms with E-state index in [4.69, 9.17) is 23.7 Å². The van der Waals surface area contributed by atoms with Gasteiger partial charge in [0, 0.05) is 25.9 Å². The van der Waals surface area contributed by atoms with Crippen LogP contribution in [-0.4, -0.2) is 40.3 Å². The molecule has 0 aliphatic rings. The van der Waals surface area contributed by atoms with Crippen molar-refractivity contribution in [3.05, 3.63) is 60.2 Å². The Morgan fingerprint density at radius 1 is 0.793 bits per heavy atom. The van der Waals surface area contributed by atoms with Gasteiger partial charge in [0.1, 0.15) is 17.1 Å². The number of benzene rings is 2. The Kier molecular flexibility index (Phi) is 8.96. The van der Waals surface area contributed by atoms with Crippen LogP contribution in [0.2, 0.25) is 0 Å². The average molecular weight is 403 g/mol.